The number of benzene rings is 1. The topological polar surface area (TPSA) is 65.5 Å². The fourth-order valence-electron chi connectivity index (χ4n) is 4.08. The van der Waals surface area contributed by atoms with Gasteiger partial charge in [-0.3, -0.25) is 14.6 Å². The van der Waals surface area contributed by atoms with Crippen molar-refractivity contribution in [3.63, 3.8) is 0 Å². The molecule has 2 amide bonds. The summed E-state index contributed by atoms with van der Waals surface area (Å²) in [6.45, 7) is 5.46. The Morgan fingerprint density at radius 1 is 1.10 bits per heavy atom. The lowest BCUT2D eigenvalue weighted by atomic mass is 9.99. The Bertz CT molecular complexity index is 845. The molecule has 6 heteroatoms. The maximum Gasteiger partial charge on any atom is 0.229 e. The molecule has 2 aromatic rings. The van der Waals surface area contributed by atoms with E-state index in [2.05, 4.69) is 34.3 Å². The van der Waals surface area contributed by atoms with E-state index in [1.807, 2.05) is 24.3 Å². The first kappa shape index (κ1) is 19.4. The molecule has 3 heterocycles. The minimum Gasteiger partial charge on any atom is -0.372 e. The predicted molar refractivity (Wildman–Crippen MR) is 113 cm³/mol. The molecule has 1 aromatic carbocycles. The number of carbonyl (C=O) groups excluding carboxylic acids is 2. The lowest BCUT2D eigenvalue weighted by molar-refractivity contribution is -0.128. The Morgan fingerprint density at radius 2 is 1.79 bits per heavy atom. The van der Waals surface area contributed by atoms with Gasteiger partial charge in [0, 0.05) is 56.4 Å². The molecule has 1 N–H and O–H groups in total. The first-order valence-electron chi connectivity index (χ1n) is 10.4. The molecule has 0 bridgehead atoms. The average Bonchev–Trinajstić information content (AvgIpc) is 3.10. The number of carbonyl (C=O) groups is 2. The lowest BCUT2D eigenvalue weighted by Crippen LogP contribution is -2.32. The number of anilines is 2. The monoisotopic (exact) mass is 392 g/mol. The Hall–Kier alpha value is -2.89. The molecule has 2 fully saturated rings. The van der Waals surface area contributed by atoms with Crippen molar-refractivity contribution in [2.75, 3.05) is 29.9 Å². The van der Waals surface area contributed by atoms with E-state index in [1.165, 1.54) is 18.5 Å². The number of nitrogens with one attached hydrogen (secondary N) is 1. The fourth-order valence-corrected chi connectivity index (χ4v) is 4.08. The molecule has 0 saturated carbocycles. The second kappa shape index (κ2) is 8.64. The van der Waals surface area contributed by atoms with Crippen LogP contribution in [0.3, 0.4) is 0 Å². The number of hydrogen-bond donors (Lipinski definition) is 1. The summed E-state index contributed by atoms with van der Waals surface area (Å²) in [7, 11) is 0. The van der Waals surface area contributed by atoms with E-state index in [9.17, 15) is 9.59 Å². The molecule has 1 atom stereocenters. The van der Waals surface area contributed by atoms with E-state index >= 15 is 0 Å². The highest BCUT2D eigenvalue weighted by atomic mass is 16.2. The standard InChI is InChI=1S/C23H28N4O2/c1-17-8-12-26(13-9-17)21-4-2-20(3-5-21)25-23(29)19-14-22(28)27(16-19)15-18-6-10-24-11-7-18/h2-7,10-11,17,19H,8-9,12-16H2,1H3,(H,25,29). The van der Waals surface area contributed by atoms with E-state index in [0.717, 1.165) is 30.3 Å². The fraction of sp³-hybridized carbons (Fsp3) is 0.435. The zero-order chi connectivity index (χ0) is 20.2. The quantitative estimate of drug-likeness (QED) is 0.848. The van der Waals surface area contributed by atoms with Gasteiger partial charge in [-0.05, 0) is 60.7 Å². The smallest absolute Gasteiger partial charge is 0.229 e. The third-order valence-corrected chi connectivity index (χ3v) is 5.99. The van der Waals surface area contributed by atoms with Gasteiger partial charge >= 0.3 is 0 Å². The van der Waals surface area contributed by atoms with Crippen molar-refractivity contribution >= 4 is 23.2 Å². The summed E-state index contributed by atoms with van der Waals surface area (Å²) in [6.07, 6.45) is 6.15. The van der Waals surface area contributed by atoms with Gasteiger partial charge in [-0.1, -0.05) is 6.92 Å². The summed E-state index contributed by atoms with van der Waals surface area (Å²) in [5.41, 5.74) is 3.01. The van der Waals surface area contributed by atoms with Crippen LogP contribution in [0.25, 0.3) is 0 Å². The van der Waals surface area contributed by atoms with Crippen LogP contribution in [0, 0.1) is 11.8 Å². The molecule has 0 radical (unpaired) electrons. The molecule has 0 aliphatic carbocycles. The molecule has 4 rings (SSSR count). The third kappa shape index (κ3) is 4.75. The van der Waals surface area contributed by atoms with Crippen molar-refractivity contribution in [3.8, 4) is 0 Å². The molecule has 1 aromatic heterocycles. The van der Waals surface area contributed by atoms with Gasteiger partial charge in [0.1, 0.15) is 0 Å². The third-order valence-electron chi connectivity index (χ3n) is 5.99. The van der Waals surface area contributed by atoms with Crippen LogP contribution in [0.5, 0.6) is 0 Å². The Kier molecular flexibility index (Phi) is 5.79. The van der Waals surface area contributed by atoms with Gasteiger partial charge in [-0.25, -0.2) is 0 Å². The highest BCUT2D eigenvalue weighted by Crippen LogP contribution is 2.25. The zero-order valence-corrected chi connectivity index (χ0v) is 16.9. The van der Waals surface area contributed by atoms with Crippen LogP contribution in [0.1, 0.15) is 31.7 Å². The summed E-state index contributed by atoms with van der Waals surface area (Å²) in [6, 6.07) is 11.8. The molecule has 0 spiro atoms. The number of nitrogens with zero attached hydrogens (tertiary/aromatic N) is 3. The molecule has 29 heavy (non-hydrogen) atoms. The van der Waals surface area contributed by atoms with Gasteiger partial charge < -0.3 is 15.1 Å². The van der Waals surface area contributed by atoms with Crippen LogP contribution in [-0.4, -0.2) is 41.3 Å². The maximum atomic E-state index is 12.7. The number of aromatic nitrogens is 1. The van der Waals surface area contributed by atoms with E-state index < -0.39 is 0 Å². The highest BCUT2D eigenvalue weighted by molar-refractivity contribution is 5.97. The minimum absolute atomic E-state index is 0.0247. The van der Waals surface area contributed by atoms with Gasteiger partial charge in [0.2, 0.25) is 11.8 Å². The van der Waals surface area contributed by atoms with E-state index in [1.54, 1.807) is 17.3 Å². The SMILES string of the molecule is CC1CCN(c2ccc(NC(=O)C3CC(=O)N(Cc4ccncc4)C3)cc2)CC1. The molecule has 1 unspecified atom stereocenters. The number of likely N-dealkylation sites (tertiary alicyclic amines) is 1. The van der Waals surface area contributed by atoms with Gasteiger partial charge in [-0.15, -0.1) is 0 Å². The van der Waals surface area contributed by atoms with Crippen molar-refractivity contribution in [2.24, 2.45) is 11.8 Å². The van der Waals surface area contributed by atoms with Gasteiger partial charge in [0.25, 0.3) is 0 Å². The number of rotatable bonds is 5. The summed E-state index contributed by atoms with van der Waals surface area (Å²) in [5, 5.41) is 2.98. The molecule has 2 aliphatic rings. The van der Waals surface area contributed by atoms with Crippen molar-refractivity contribution in [3.05, 3.63) is 54.4 Å². The summed E-state index contributed by atoms with van der Waals surface area (Å²) >= 11 is 0. The number of pyridine rings is 1. The van der Waals surface area contributed by atoms with E-state index in [-0.39, 0.29) is 24.2 Å². The normalized spacial score (nSPS) is 20.2. The van der Waals surface area contributed by atoms with Crippen LogP contribution < -0.4 is 10.2 Å². The summed E-state index contributed by atoms with van der Waals surface area (Å²) in [4.78, 5) is 33.1. The minimum atomic E-state index is -0.312. The zero-order valence-electron chi connectivity index (χ0n) is 16.9. The predicted octanol–water partition coefficient (Wildman–Crippen LogP) is 3.31. The van der Waals surface area contributed by atoms with Crippen LogP contribution in [-0.2, 0) is 16.1 Å². The average molecular weight is 393 g/mol. The Morgan fingerprint density at radius 3 is 2.48 bits per heavy atom. The molecule has 152 valence electrons. The Balaban J connectivity index is 1.31. The first-order chi connectivity index (χ1) is 14.1. The highest BCUT2D eigenvalue weighted by Gasteiger charge is 2.34. The Labute approximate surface area is 171 Å². The van der Waals surface area contributed by atoms with E-state index in [0.29, 0.717) is 13.1 Å². The molecule has 2 saturated heterocycles. The van der Waals surface area contributed by atoms with Crippen molar-refractivity contribution in [1.82, 2.24) is 9.88 Å². The molecule has 6 nitrogen and oxygen atoms in total. The van der Waals surface area contributed by atoms with Crippen molar-refractivity contribution in [1.29, 1.82) is 0 Å². The molecule has 2 aliphatic heterocycles. The van der Waals surface area contributed by atoms with Crippen molar-refractivity contribution < 1.29 is 9.59 Å². The summed E-state index contributed by atoms with van der Waals surface area (Å²) < 4.78 is 0. The van der Waals surface area contributed by atoms with Gasteiger partial charge in [0.15, 0.2) is 0 Å². The number of amides is 2. The van der Waals surface area contributed by atoms with Crippen molar-refractivity contribution in [2.45, 2.75) is 32.7 Å². The number of piperidine rings is 1. The second-order valence-corrected chi connectivity index (χ2v) is 8.24. The molecular formula is C23H28N4O2. The largest absolute Gasteiger partial charge is 0.372 e. The first-order valence-corrected chi connectivity index (χ1v) is 10.4. The van der Waals surface area contributed by atoms with Crippen LogP contribution in [0.4, 0.5) is 11.4 Å². The molecular weight excluding hydrogens is 364 g/mol. The van der Waals surface area contributed by atoms with Crippen LogP contribution in [0.2, 0.25) is 0 Å². The summed E-state index contributed by atoms with van der Waals surface area (Å²) in [5.74, 6) is 0.427. The lowest BCUT2D eigenvalue weighted by Gasteiger charge is -2.32. The van der Waals surface area contributed by atoms with Gasteiger partial charge in [0.05, 0.1) is 5.92 Å². The van der Waals surface area contributed by atoms with Crippen LogP contribution >= 0.6 is 0 Å². The van der Waals surface area contributed by atoms with Gasteiger partial charge in [-0.2, -0.15) is 0 Å². The number of hydrogen-bond acceptors (Lipinski definition) is 4. The second-order valence-electron chi connectivity index (χ2n) is 8.24. The van der Waals surface area contributed by atoms with Crippen LogP contribution in [0.15, 0.2) is 48.8 Å². The van der Waals surface area contributed by atoms with E-state index in [4.69, 9.17) is 0 Å². The maximum absolute atomic E-state index is 12.7.